The van der Waals surface area contributed by atoms with Crippen LogP contribution in [0.4, 0.5) is 0 Å². The minimum Gasteiger partial charge on any atom is -0.268 e. The minimum absolute atomic E-state index is 0.00467. The minimum atomic E-state index is -0.00467. The van der Waals surface area contributed by atoms with Crippen LogP contribution in [0.5, 0.6) is 0 Å². The maximum atomic E-state index is 11.9. The highest BCUT2D eigenvalue weighted by atomic mass is 127. The predicted octanol–water partition coefficient (Wildman–Crippen LogP) is 2.97. The third kappa shape index (κ3) is 2.73. The molecule has 1 heterocycles. The second-order valence-electron chi connectivity index (χ2n) is 4.98. The molecule has 1 unspecified atom stereocenters. The van der Waals surface area contributed by atoms with Crippen LogP contribution in [0.2, 0.25) is 0 Å². The molecule has 0 fully saturated rings. The third-order valence-corrected chi connectivity index (χ3v) is 4.31. The Labute approximate surface area is 125 Å². The molecule has 0 aliphatic heterocycles. The number of rotatable bonds is 2. The van der Waals surface area contributed by atoms with Gasteiger partial charge in [0.05, 0.1) is 12.7 Å². The second-order valence-corrected chi connectivity index (χ2v) is 6.23. The van der Waals surface area contributed by atoms with Gasteiger partial charge in [0.25, 0.3) is 5.56 Å². The molecule has 0 spiro atoms. The van der Waals surface area contributed by atoms with E-state index in [0.29, 0.717) is 12.5 Å². The van der Waals surface area contributed by atoms with Gasteiger partial charge in [-0.3, -0.25) is 4.79 Å². The summed E-state index contributed by atoms with van der Waals surface area (Å²) in [6.07, 6.45) is 5.23. The van der Waals surface area contributed by atoms with E-state index in [1.165, 1.54) is 17.5 Å². The van der Waals surface area contributed by atoms with E-state index in [1.54, 1.807) is 16.9 Å². The first-order valence-electron chi connectivity index (χ1n) is 6.54. The molecule has 0 bridgehead atoms. The van der Waals surface area contributed by atoms with Crippen molar-refractivity contribution in [2.75, 3.05) is 0 Å². The van der Waals surface area contributed by atoms with Crippen molar-refractivity contribution in [1.82, 2.24) is 9.78 Å². The van der Waals surface area contributed by atoms with Crippen molar-refractivity contribution in [2.45, 2.75) is 31.7 Å². The fourth-order valence-corrected chi connectivity index (χ4v) is 3.19. The summed E-state index contributed by atoms with van der Waals surface area (Å²) in [4.78, 5) is 11.9. The zero-order chi connectivity index (χ0) is 13.2. The molecule has 3 rings (SSSR count). The lowest BCUT2D eigenvalue weighted by atomic mass is 9.83. The molecule has 1 aromatic heterocycles. The van der Waals surface area contributed by atoms with Gasteiger partial charge in [0, 0.05) is 15.6 Å². The van der Waals surface area contributed by atoms with E-state index in [9.17, 15) is 4.79 Å². The summed E-state index contributed by atoms with van der Waals surface area (Å²) >= 11 is 2.12. The summed E-state index contributed by atoms with van der Waals surface area (Å²) < 4.78 is 2.48. The Bertz CT molecular complexity index is 651. The van der Waals surface area contributed by atoms with E-state index in [2.05, 4.69) is 52.0 Å². The smallest absolute Gasteiger partial charge is 0.267 e. The van der Waals surface area contributed by atoms with E-state index < -0.39 is 0 Å². The number of aryl methyl sites for hydroxylation is 1. The van der Waals surface area contributed by atoms with Crippen LogP contribution in [0.3, 0.4) is 0 Å². The molecule has 1 aliphatic carbocycles. The molecule has 0 radical (unpaired) electrons. The fraction of sp³-hybridized carbons (Fsp3) is 0.333. The van der Waals surface area contributed by atoms with Crippen molar-refractivity contribution in [3.8, 4) is 0 Å². The van der Waals surface area contributed by atoms with Crippen molar-refractivity contribution >= 4 is 22.6 Å². The molecule has 1 aliphatic rings. The summed E-state index contributed by atoms with van der Waals surface area (Å²) in [5.74, 6) is 0.412. The number of benzene rings is 1. The largest absolute Gasteiger partial charge is 0.268 e. The van der Waals surface area contributed by atoms with Gasteiger partial charge in [0.2, 0.25) is 0 Å². The van der Waals surface area contributed by atoms with Gasteiger partial charge in [-0.15, -0.1) is 0 Å². The van der Waals surface area contributed by atoms with Gasteiger partial charge in [-0.05, 0) is 53.0 Å². The van der Waals surface area contributed by atoms with Crippen LogP contribution in [0.25, 0.3) is 0 Å². The molecular weight excluding hydrogens is 351 g/mol. The Hall–Kier alpha value is -1.17. The Kier molecular flexibility index (Phi) is 3.68. The SMILES string of the molecule is O=c1cc(I)cnn1CC1CCCc2ccccc21. The molecule has 3 nitrogen and oxygen atoms in total. The van der Waals surface area contributed by atoms with Gasteiger partial charge in [-0.25, -0.2) is 4.68 Å². The number of hydrogen-bond donors (Lipinski definition) is 0. The van der Waals surface area contributed by atoms with Gasteiger partial charge >= 0.3 is 0 Å². The monoisotopic (exact) mass is 366 g/mol. The quantitative estimate of drug-likeness (QED) is 0.766. The summed E-state index contributed by atoms with van der Waals surface area (Å²) in [7, 11) is 0. The molecule has 0 saturated heterocycles. The number of halogens is 1. The summed E-state index contributed by atoms with van der Waals surface area (Å²) in [6.45, 7) is 0.687. The maximum absolute atomic E-state index is 11.9. The average Bonchev–Trinajstić information content (AvgIpc) is 2.42. The molecule has 4 heteroatoms. The number of aromatic nitrogens is 2. The molecule has 0 N–H and O–H groups in total. The highest BCUT2D eigenvalue weighted by Gasteiger charge is 2.20. The van der Waals surface area contributed by atoms with Gasteiger partial charge in [0.15, 0.2) is 0 Å². The second kappa shape index (κ2) is 5.45. The lowest BCUT2D eigenvalue weighted by Crippen LogP contribution is -2.26. The standard InChI is InChI=1S/C15H15IN2O/c16-13-8-15(19)18(17-9-13)10-12-6-3-5-11-4-1-2-7-14(11)12/h1-2,4,7-9,12H,3,5-6,10H2. The van der Waals surface area contributed by atoms with E-state index in [-0.39, 0.29) is 5.56 Å². The Morgan fingerprint density at radius 1 is 1.37 bits per heavy atom. The first-order chi connectivity index (χ1) is 9.24. The molecular formula is C15H15IN2O. The summed E-state index contributed by atoms with van der Waals surface area (Å²) in [5, 5.41) is 4.24. The molecule has 0 saturated carbocycles. The Morgan fingerprint density at radius 2 is 2.21 bits per heavy atom. The van der Waals surface area contributed by atoms with Crippen molar-refractivity contribution in [2.24, 2.45) is 0 Å². The molecule has 0 amide bonds. The van der Waals surface area contributed by atoms with Gasteiger partial charge in [-0.1, -0.05) is 24.3 Å². The van der Waals surface area contributed by atoms with Crippen molar-refractivity contribution in [3.63, 3.8) is 0 Å². The van der Waals surface area contributed by atoms with Crippen molar-refractivity contribution in [3.05, 3.63) is 61.6 Å². The van der Waals surface area contributed by atoms with Crippen LogP contribution in [0.1, 0.15) is 29.9 Å². The first-order valence-corrected chi connectivity index (χ1v) is 7.62. The molecule has 98 valence electrons. The van der Waals surface area contributed by atoms with Crippen LogP contribution < -0.4 is 5.56 Å². The van der Waals surface area contributed by atoms with Gasteiger partial charge < -0.3 is 0 Å². The molecule has 19 heavy (non-hydrogen) atoms. The van der Waals surface area contributed by atoms with Crippen LogP contribution in [0.15, 0.2) is 41.3 Å². The highest BCUT2D eigenvalue weighted by molar-refractivity contribution is 14.1. The zero-order valence-corrected chi connectivity index (χ0v) is 12.7. The van der Waals surface area contributed by atoms with Crippen LogP contribution in [-0.4, -0.2) is 9.78 Å². The third-order valence-electron chi connectivity index (χ3n) is 3.72. The van der Waals surface area contributed by atoms with Crippen LogP contribution in [-0.2, 0) is 13.0 Å². The lowest BCUT2D eigenvalue weighted by Gasteiger charge is -2.25. The number of hydrogen-bond acceptors (Lipinski definition) is 2. The predicted molar refractivity (Wildman–Crippen MR) is 83.3 cm³/mol. The van der Waals surface area contributed by atoms with Crippen LogP contribution >= 0.6 is 22.6 Å². The van der Waals surface area contributed by atoms with E-state index in [0.717, 1.165) is 16.4 Å². The van der Waals surface area contributed by atoms with Crippen LogP contribution in [0, 0.1) is 3.57 Å². The normalized spacial score (nSPS) is 18.1. The van der Waals surface area contributed by atoms with E-state index >= 15 is 0 Å². The van der Waals surface area contributed by atoms with Crippen molar-refractivity contribution in [1.29, 1.82) is 0 Å². The lowest BCUT2D eigenvalue weighted by molar-refractivity contribution is 0.443. The molecule has 1 aromatic carbocycles. The average molecular weight is 366 g/mol. The van der Waals surface area contributed by atoms with Gasteiger partial charge in [-0.2, -0.15) is 5.10 Å². The van der Waals surface area contributed by atoms with Gasteiger partial charge in [0.1, 0.15) is 0 Å². The van der Waals surface area contributed by atoms with Crippen molar-refractivity contribution < 1.29 is 0 Å². The Morgan fingerprint density at radius 3 is 3.05 bits per heavy atom. The highest BCUT2D eigenvalue weighted by Crippen LogP contribution is 2.32. The topological polar surface area (TPSA) is 34.9 Å². The summed E-state index contributed by atoms with van der Waals surface area (Å²) in [6, 6.07) is 10.2. The number of fused-ring (bicyclic) bond motifs is 1. The van der Waals surface area contributed by atoms with E-state index in [4.69, 9.17) is 0 Å². The maximum Gasteiger partial charge on any atom is 0.267 e. The number of nitrogens with zero attached hydrogens (tertiary/aromatic N) is 2. The fourth-order valence-electron chi connectivity index (χ4n) is 2.80. The zero-order valence-electron chi connectivity index (χ0n) is 10.6. The summed E-state index contributed by atoms with van der Waals surface area (Å²) in [5.41, 5.74) is 2.81. The molecule has 1 atom stereocenters. The molecule has 2 aromatic rings. The first kappa shape index (κ1) is 12.8. The van der Waals surface area contributed by atoms with E-state index in [1.807, 2.05) is 0 Å². The Balaban J connectivity index is 1.90.